The highest BCUT2D eigenvalue weighted by atomic mass is 79.9. The molecule has 0 fully saturated rings. The molecule has 1 aromatic heterocycles. The fourth-order valence-corrected chi connectivity index (χ4v) is 1.64. The van der Waals surface area contributed by atoms with Crippen molar-refractivity contribution < 1.29 is 8.78 Å². The summed E-state index contributed by atoms with van der Waals surface area (Å²) in [5, 5.41) is 0.183. The number of hydrogen-bond acceptors (Lipinski definition) is 1. The van der Waals surface area contributed by atoms with Crippen LogP contribution in [0.2, 0.25) is 0 Å². The Morgan fingerprint density at radius 2 is 1.92 bits per heavy atom. The molecule has 66 valence electrons. The molecule has 0 aliphatic heterocycles. The molecular formula is C9H4BrF2N. The Labute approximate surface area is 81.5 Å². The van der Waals surface area contributed by atoms with E-state index in [-0.39, 0.29) is 5.39 Å². The van der Waals surface area contributed by atoms with Gasteiger partial charge in [0.25, 0.3) is 0 Å². The lowest BCUT2D eigenvalue weighted by atomic mass is 10.2. The van der Waals surface area contributed by atoms with E-state index in [4.69, 9.17) is 0 Å². The van der Waals surface area contributed by atoms with Crippen LogP contribution in [0.3, 0.4) is 0 Å². The van der Waals surface area contributed by atoms with Gasteiger partial charge in [0.2, 0.25) is 0 Å². The Balaban J connectivity index is 2.97. The van der Waals surface area contributed by atoms with Gasteiger partial charge >= 0.3 is 0 Å². The van der Waals surface area contributed by atoms with Gasteiger partial charge in [-0.15, -0.1) is 0 Å². The molecule has 1 aromatic carbocycles. The molecule has 1 heterocycles. The molecule has 0 spiro atoms. The van der Waals surface area contributed by atoms with Gasteiger partial charge in [-0.25, -0.2) is 8.78 Å². The van der Waals surface area contributed by atoms with Crippen LogP contribution in [0.5, 0.6) is 0 Å². The molecule has 0 saturated carbocycles. The van der Waals surface area contributed by atoms with Gasteiger partial charge < -0.3 is 0 Å². The lowest BCUT2D eigenvalue weighted by Gasteiger charge is -2.01. The predicted octanol–water partition coefficient (Wildman–Crippen LogP) is 3.28. The van der Waals surface area contributed by atoms with Crippen LogP contribution in [0, 0.1) is 11.6 Å². The summed E-state index contributed by atoms with van der Waals surface area (Å²) >= 11 is 3.14. The molecule has 13 heavy (non-hydrogen) atoms. The number of hydrogen-bond donors (Lipinski definition) is 0. The van der Waals surface area contributed by atoms with Gasteiger partial charge in [0.15, 0.2) is 11.6 Å². The summed E-state index contributed by atoms with van der Waals surface area (Å²) in [5.41, 5.74) is 0.438. The molecule has 4 heteroatoms. The topological polar surface area (TPSA) is 12.9 Å². The Hall–Kier alpha value is -1.03. The highest BCUT2D eigenvalue weighted by Crippen LogP contribution is 2.25. The third-order valence-corrected chi connectivity index (χ3v) is 2.41. The molecule has 0 saturated heterocycles. The first-order chi connectivity index (χ1) is 6.20. The van der Waals surface area contributed by atoms with Crippen molar-refractivity contribution in [1.29, 1.82) is 0 Å². The zero-order valence-corrected chi connectivity index (χ0v) is 7.98. The molecule has 0 N–H and O–H groups in total. The first-order valence-electron chi connectivity index (χ1n) is 3.58. The number of nitrogens with zero attached hydrogens (tertiary/aromatic N) is 1. The summed E-state index contributed by atoms with van der Waals surface area (Å²) in [5.74, 6) is -1.72. The fraction of sp³-hybridized carbons (Fsp3) is 0. The first-order valence-corrected chi connectivity index (χ1v) is 4.37. The molecule has 0 unspecified atom stereocenters. The van der Waals surface area contributed by atoms with Gasteiger partial charge in [-0.2, -0.15) is 0 Å². The quantitative estimate of drug-likeness (QED) is 0.692. The maximum Gasteiger partial charge on any atom is 0.169 e. The Morgan fingerprint density at radius 3 is 2.69 bits per heavy atom. The minimum atomic E-state index is -0.863. The van der Waals surface area contributed by atoms with Gasteiger partial charge in [0.1, 0.15) is 0 Å². The number of benzene rings is 1. The van der Waals surface area contributed by atoms with Gasteiger partial charge in [0, 0.05) is 10.7 Å². The van der Waals surface area contributed by atoms with Crippen molar-refractivity contribution in [2.45, 2.75) is 0 Å². The monoisotopic (exact) mass is 243 g/mol. The van der Waals surface area contributed by atoms with E-state index in [1.807, 2.05) is 0 Å². The van der Waals surface area contributed by atoms with E-state index >= 15 is 0 Å². The fourth-order valence-electron chi connectivity index (χ4n) is 1.14. The number of pyridine rings is 1. The third-order valence-electron chi connectivity index (χ3n) is 1.75. The van der Waals surface area contributed by atoms with E-state index in [1.165, 1.54) is 12.3 Å². The van der Waals surface area contributed by atoms with Crippen LogP contribution in [0.15, 0.2) is 28.9 Å². The lowest BCUT2D eigenvalue weighted by molar-refractivity contribution is 0.516. The van der Waals surface area contributed by atoms with Crippen LogP contribution >= 0.6 is 15.9 Å². The highest BCUT2D eigenvalue weighted by molar-refractivity contribution is 9.10. The summed E-state index contributed by atoms with van der Waals surface area (Å²) in [7, 11) is 0. The van der Waals surface area contributed by atoms with Crippen molar-refractivity contribution in [3.8, 4) is 0 Å². The Morgan fingerprint density at radius 1 is 1.15 bits per heavy atom. The predicted molar refractivity (Wildman–Crippen MR) is 49.4 cm³/mol. The zero-order valence-electron chi connectivity index (χ0n) is 6.39. The van der Waals surface area contributed by atoms with Crippen molar-refractivity contribution in [2.24, 2.45) is 0 Å². The standard InChI is InChI=1S/C9H4BrF2N/c10-5-3-4-13-7-2-1-6(11)9(12)8(5)7/h1-4H. The smallest absolute Gasteiger partial charge is 0.169 e. The summed E-state index contributed by atoms with van der Waals surface area (Å²) < 4.78 is 26.5. The number of fused-ring (bicyclic) bond motifs is 1. The second-order valence-corrected chi connectivity index (χ2v) is 3.40. The van der Waals surface area contributed by atoms with Crippen molar-refractivity contribution in [3.05, 3.63) is 40.5 Å². The van der Waals surface area contributed by atoms with Crippen molar-refractivity contribution in [3.63, 3.8) is 0 Å². The molecule has 0 amide bonds. The zero-order chi connectivity index (χ0) is 9.42. The van der Waals surface area contributed by atoms with Crippen LogP contribution in [0.1, 0.15) is 0 Å². The van der Waals surface area contributed by atoms with Crippen LogP contribution in [0.25, 0.3) is 10.9 Å². The van der Waals surface area contributed by atoms with Crippen molar-refractivity contribution in [2.75, 3.05) is 0 Å². The second kappa shape index (κ2) is 3.03. The van der Waals surface area contributed by atoms with E-state index in [9.17, 15) is 8.78 Å². The van der Waals surface area contributed by atoms with E-state index in [0.717, 1.165) is 6.07 Å². The van der Waals surface area contributed by atoms with Crippen LogP contribution < -0.4 is 0 Å². The first kappa shape index (κ1) is 8.56. The SMILES string of the molecule is Fc1ccc2nccc(Br)c2c1F. The summed E-state index contributed by atoms with van der Waals surface area (Å²) in [6, 6.07) is 4.08. The minimum Gasteiger partial charge on any atom is -0.256 e. The Bertz CT molecular complexity index is 470. The van der Waals surface area contributed by atoms with Crippen molar-refractivity contribution in [1.82, 2.24) is 4.98 Å². The number of halogens is 3. The largest absolute Gasteiger partial charge is 0.256 e. The summed E-state index contributed by atoms with van der Waals surface area (Å²) in [4.78, 5) is 3.91. The van der Waals surface area contributed by atoms with Gasteiger partial charge in [0.05, 0.1) is 10.9 Å². The molecule has 2 aromatic rings. The van der Waals surface area contributed by atoms with Crippen molar-refractivity contribution >= 4 is 26.8 Å². The molecule has 0 aliphatic rings. The maximum atomic E-state index is 13.2. The summed E-state index contributed by atoms with van der Waals surface area (Å²) in [6.45, 7) is 0. The van der Waals surface area contributed by atoms with Crippen LogP contribution in [-0.4, -0.2) is 4.98 Å². The molecular weight excluding hydrogens is 240 g/mol. The third kappa shape index (κ3) is 1.31. The average Bonchev–Trinajstić information content (AvgIpc) is 2.12. The van der Waals surface area contributed by atoms with E-state index in [2.05, 4.69) is 20.9 Å². The number of rotatable bonds is 0. The van der Waals surface area contributed by atoms with Gasteiger partial charge in [-0.3, -0.25) is 4.98 Å². The highest BCUT2D eigenvalue weighted by Gasteiger charge is 2.09. The summed E-state index contributed by atoms with van der Waals surface area (Å²) in [6.07, 6.45) is 1.53. The molecule has 2 rings (SSSR count). The second-order valence-electron chi connectivity index (χ2n) is 2.55. The Kier molecular flexibility index (Phi) is 2.00. The van der Waals surface area contributed by atoms with Crippen LogP contribution in [0.4, 0.5) is 8.78 Å². The van der Waals surface area contributed by atoms with E-state index < -0.39 is 11.6 Å². The lowest BCUT2D eigenvalue weighted by Crippen LogP contribution is -1.88. The molecule has 1 nitrogen and oxygen atoms in total. The normalized spacial score (nSPS) is 10.7. The molecule has 0 radical (unpaired) electrons. The van der Waals surface area contributed by atoms with Gasteiger partial charge in [-0.1, -0.05) is 0 Å². The molecule has 0 aliphatic carbocycles. The molecule has 0 bridgehead atoms. The van der Waals surface area contributed by atoms with E-state index in [0.29, 0.717) is 9.99 Å². The molecule has 0 atom stereocenters. The van der Waals surface area contributed by atoms with Gasteiger partial charge in [-0.05, 0) is 34.1 Å². The maximum absolute atomic E-state index is 13.2. The van der Waals surface area contributed by atoms with E-state index in [1.54, 1.807) is 6.07 Å². The average molecular weight is 244 g/mol. The number of aromatic nitrogens is 1. The minimum absolute atomic E-state index is 0.183. The van der Waals surface area contributed by atoms with Crippen LogP contribution in [-0.2, 0) is 0 Å².